The third-order valence-corrected chi connectivity index (χ3v) is 12.5. The highest BCUT2D eigenvalue weighted by atomic mass is 32.1. The molecule has 0 saturated heterocycles. The fraction of sp³-hybridized carbons (Fsp3) is 0. The molecular formula is C52H30OS. The van der Waals surface area contributed by atoms with Crippen LogP contribution in [0.15, 0.2) is 186 Å². The summed E-state index contributed by atoms with van der Waals surface area (Å²) in [4.78, 5) is 0. The Kier molecular flexibility index (Phi) is 6.28. The number of rotatable bonds is 3. The molecule has 0 unspecified atom stereocenters. The van der Waals surface area contributed by atoms with Crippen LogP contribution in [0.1, 0.15) is 0 Å². The Balaban J connectivity index is 1.04. The van der Waals surface area contributed by atoms with E-state index in [1.807, 2.05) is 11.3 Å². The predicted molar refractivity (Wildman–Crippen MR) is 233 cm³/mol. The van der Waals surface area contributed by atoms with E-state index in [4.69, 9.17) is 4.42 Å². The molecule has 0 N–H and O–H groups in total. The molecule has 2 heterocycles. The van der Waals surface area contributed by atoms with Gasteiger partial charge in [0, 0.05) is 30.9 Å². The Morgan fingerprint density at radius 1 is 0.296 bits per heavy atom. The summed E-state index contributed by atoms with van der Waals surface area (Å²) < 4.78 is 9.04. The molecule has 1 nitrogen and oxygen atoms in total. The van der Waals surface area contributed by atoms with Crippen LogP contribution >= 0.6 is 11.3 Å². The summed E-state index contributed by atoms with van der Waals surface area (Å²) in [6, 6.07) is 66.8. The molecule has 0 atom stereocenters. The standard InChI is InChI=1S/C52H30OS/c1-2-10-31(11-3-1)33-18-19-35-27-36(21-20-34(35)26-33)50-40-14-6-8-16-42(40)51(43-17-9-7-15-41(43)50)37-22-24-39-44-29-47-45(30-49(44)54-48(39)28-37)52-38-13-5-4-12-32(38)23-25-46(52)53-47/h1-30H. The lowest BCUT2D eigenvalue weighted by Gasteiger charge is -2.18. The van der Waals surface area contributed by atoms with Crippen LogP contribution in [-0.4, -0.2) is 0 Å². The van der Waals surface area contributed by atoms with E-state index in [1.165, 1.54) is 107 Å². The SMILES string of the molecule is c1ccc(-c2ccc3cc(-c4c5ccccc5c(-c5ccc6c(c5)sc5cc7c(cc56)oc5ccc6ccccc6c57)c5ccccc45)ccc3c2)cc1. The minimum absolute atomic E-state index is 0.940. The molecule has 0 bridgehead atoms. The third-order valence-electron chi connectivity index (χ3n) is 11.4. The highest BCUT2D eigenvalue weighted by Crippen LogP contribution is 2.47. The van der Waals surface area contributed by atoms with Crippen molar-refractivity contribution in [2.45, 2.75) is 0 Å². The van der Waals surface area contributed by atoms with Crippen LogP contribution in [0, 0.1) is 0 Å². The van der Waals surface area contributed by atoms with Crippen LogP contribution in [0.3, 0.4) is 0 Å². The van der Waals surface area contributed by atoms with Crippen molar-refractivity contribution in [3.8, 4) is 33.4 Å². The van der Waals surface area contributed by atoms with Crippen molar-refractivity contribution >= 4 is 96.5 Å². The smallest absolute Gasteiger partial charge is 0.136 e. The molecule has 2 heteroatoms. The zero-order valence-electron chi connectivity index (χ0n) is 29.1. The summed E-state index contributed by atoms with van der Waals surface area (Å²) in [7, 11) is 0. The maximum atomic E-state index is 6.48. The average Bonchev–Trinajstić information content (AvgIpc) is 3.78. The van der Waals surface area contributed by atoms with Crippen LogP contribution in [0.2, 0.25) is 0 Å². The fourth-order valence-electron chi connectivity index (χ4n) is 8.93. The molecule has 0 spiro atoms. The van der Waals surface area contributed by atoms with Gasteiger partial charge in [-0.15, -0.1) is 11.3 Å². The first-order valence-corrected chi connectivity index (χ1v) is 19.3. The lowest BCUT2D eigenvalue weighted by Crippen LogP contribution is -1.91. The Morgan fingerprint density at radius 3 is 1.57 bits per heavy atom. The monoisotopic (exact) mass is 702 g/mol. The van der Waals surface area contributed by atoms with Gasteiger partial charge in [-0.2, -0.15) is 0 Å². The number of fused-ring (bicyclic) bond motifs is 11. The van der Waals surface area contributed by atoms with Gasteiger partial charge in [0.05, 0.1) is 0 Å². The Bertz CT molecular complexity index is 3440. The van der Waals surface area contributed by atoms with E-state index < -0.39 is 0 Å². The quantitative estimate of drug-likeness (QED) is 0.167. The zero-order valence-corrected chi connectivity index (χ0v) is 30.0. The highest BCUT2D eigenvalue weighted by Gasteiger charge is 2.19. The molecule has 0 radical (unpaired) electrons. The van der Waals surface area contributed by atoms with Crippen LogP contribution < -0.4 is 0 Å². The predicted octanol–water partition coefficient (Wildman–Crippen LogP) is 15.6. The van der Waals surface area contributed by atoms with Crippen molar-refractivity contribution in [3.05, 3.63) is 182 Å². The minimum atomic E-state index is 0.940. The summed E-state index contributed by atoms with van der Waals surface area (Å²) in [5, 5.41) is 14.9. The molecule has 0 aliphatic rings. The summed E-state index contributed by atoms with van der Waals surface area (Å²) in [5.41, 5.74) is 9.39. The van der Waals surface area contributed by atoms with Gasteiger partial charge in [-0.3, -0.25) is 0 Å². The number of benzene rings is 10. The highest BCUT2D eigenvalue weighted by molar-refractivity contribution is 7.26. The van der Waals surface area contributed by atoms with Crippen molar-refractivity contribution in [3.63, 3.8) is 0 Å². The largest absolute Gasteiger partial charge is 0.456 e. The van der Waals surface area contributed by atoms with Gasteiger partial charge < -0.3 is 4.42 Å². The van der Waals surface area contributed by atoms with Gasteiger partial charge in [-0.05, 0) is 113 Å². The van der Waals surface area contributed by atoms with Gasteiger partial charge in [-0.25, -0.2) is 0 Å². The molecular weight excluding hydrogens is 673 g/mol. The third kappa shape index (κ3) is 4.38. The van der Waals surface area contributed by atoms with E-state index in [9.17, 15) is 0 Å². The van der Waals surface area contributed by atoms with Crippen molar-refractivity contribution in [2.75, 3.05) is 0 Å². The summed E-state index contributed by atoms with van der Waals surface area (Å²) in [6.45, 7) is 0. The van der Waals surface area contributed by atoms with Gasteiger partial charge in [0.25, 0.3) is 0 Å². The van der Waals surface area contributed by atoms with Crippen molar-refractivity contribution in [1.29, 1.82) is 0 Å². The minimum Gasteiger partial charge on any atom is -0.456 e. The average molecular weight is 703 g/mol. The topological polar surface area (TPSA) is 13.1 Å². The van der Waals surface area contributed by atoms with Crippen molar-refractivity contribution < 1.29 is 4.42 Å². The second-order valence-electron chi connectivity index (χ2n) is 14.4. The molecule has 0 aliphatic carbocycles. The number of hydrogen-bond donors (Lipinski definition) is 0. The number of thiophene rings is 1. The molecule has 10 aromatic carbocycles. The molecule has 250 valence electrons. The zero-order chi connectivity index (χ0) is 35.3. The van der Waals surface area contributed by atoms with E-state index in [2.05, 4.69) is 182 Å². The first-order valence-electron chi connectivity index (χ1n) is 18.5. The Morgan fingerprint density at radius 2 is 0.852 bits per heavy atom. The van der Waals surface area contributed by atoms with E-state index in [1.54, 1.807) is 0 Å². The molecule has 12 aromatic rings. The van der Waals surface area contributed by atoms with Crippen LogP contribution in [-0.2, 0) is 0 Å². The second kappa shape index (κ2) is 11.4. The van der Waals surface area contributed by atoms with Gasteiger partial charge in [0.15, 0.2) is 0 Å². The maximum absolute atomic E-state index is 6.48. The summed E-state index contributed by atoms with van der Waals surface area (Å²) >= 11 is 1.87. The lowest BCUT2D eigenvalue weighted by molar-refractivity contribution is 0.670. The van der Waals surface area contributed by atoms with Crippen molar-refractivity contribution in [2.24, 2.45) is 0 Å². The van der Waals surface area contributed by atoms with Crippen LogP contribution in [0.25, 0.3) is 119 Å². The fourth-order valence-corrected chi connectivity index (χ4v) is 10.1. The molecule has 0 fully saturated rings. The summed E-state index contributed by atoms with van der Waals surface area (Å²) in [6.07, 6.45) is 0. The second-order valence-corrected chi connectivity index (χ2v) is 15.5. The molecule has 0 amide bonds. The Labute approximate surface area is 314 Å². The Hall–Kier alpha value is -6.74. The van der Waals surface area contributed by atoms with Gasteiger partial charge in [0.2, 0.25) is 0 Å². The number of hydrogen-bond acceptors (Lipinski definition) is 2. The first-order chi connectivity index (χ1) is 26.7. The van der Waals surface area contributed by atoms with Crippen LogP contribution in [0.5, 0.6) is 0 Å². The maximum Gasteiger partial charge on any atom is 0.136 e. The van der Waals surface area contributed by atoms with E-state index in [0.717, 1.165) is 11.2 Å². The summed E-state index contributed by atoms with van der Waals surface area (Å²) in [5.74, 6) is 0. The molecule has 54 heavy (non-hydrogen) atoms. The van der Waals surface area contributed by atoms with Gasteiger partial charge in [-0.1, -0.05) is 146 Å². The first kappa shape index (κ1) is 29.8. The molecule has 2 aromatic heterocycles. The van der Waals surface area contributed by atoms with Crippen LogP contribution in [0.4, 0.5) is 0 Å². The molecule has 12 rings (SSSR count). The molecule has 0 aliphatic heterocycles. The van der Waals surface area contributed by atoms with E-state index in [-0.39, 0.29) is 0 Å². The number of furan rings is 1. The lowest BCUT2D eigenvalue weighted by atomic mass is 9.85. The van der Waals surface area contributed by atoms with Gasteiger partial charge in [0.1, 0.15) is 11.2 Å². The van der Waals surface area contributed by atoms with Crippen molar-refractivity contribution in [1.82, 2.24) is 0 Å². The van der Waals surface area contributed by atoms with E-state index >= 15 is 0 Å². The normalized spacial score (nSPS) is 12.1. The van der Waals surface area contributed by atoms with Gasteiger partial charge >= 0.3 is 0 Å². The molecule has 0 saturated carbocycles. The van der Waals surface area contributed by atoms with E-state index in [0.29, 0.717) is 0 Å².